The van der Waals surface area contributed by atoms with E-state index >= 15 is 0 Å². The van der Waals surface area contributed by atoms with Crippen LogP contribution in [0.1, 0.15) is 32.3 Å². The van der Waals surface area contributed by atoms with Gasteiger partial charge in [-0.3, -0.25) is 4.90 Å². The summed E-state index contributed by atoms with van der Waals surface area (Å²) in [6, 6.07) is 10.4. The summed E-state index contributed by atoms with van der Waals surface area (Å²) in [6.07, 6.45) is 2.09. The molecule has 1 aromatic carbocycles. The van der Waals surface area contributed by atoms with Crippen LogP contribution in [0.2, 0.25) is 0 Å². The Kier molecular flexibility index (Phi) is 5.76. The summed E-state index contributed by atoms with van der Waals surface area (Å²) in [5.41, 5.74) is 6.79. The number of nitrogens with two attached hydrogens (primary N) is 1. The standard InChI is InChI=1S/C17H28N2O2/c1-3-16-12-21-14(2)11-19(16)10-9-17(18,13-20)15-7-5-4-6-8-15/h4-8,14,16,20H,3,9-13,18H2,1-2H3. The largest absolute Gasteiger partial charge is 0.394 e. The number of hydrogen-bond acceptors (Lipinski definition) is 4. The first-order valence-electron chi connectivity index (χ1n) is 7.90. The Morgan fingerprint density at radius 2 is 2.10 bits per heavy atom. The van der Waals surface area contributed by atoms with Crippen molar-refractivity contribution < 1.29 is 9.84 Å². The topological polar surface area (TPSA) is 58.7 Å². The average molecular weight is 292 g/mol. The minimum absolute atomic E-state index is 0.0340. The molecule has 3 N–H and O–H groups in total. The van der Waals surface area contributed by atoms with Crippen LogP contribution in [-0.2, 0) is 10.3 Å². The zero-order valence-corrected chi connectivity index (χ0v) is 13.2. The van der Waals surface area contributed by atoms with Crippen LogP contribution in [0.15, 0.2) is 30.3 Å². The Morgan fingerprint density at radius 3 is 2.71 bits per heavy atom. The van der Waals surface area contributed by atoms with Crippen molar-refractivity contribution in [3.8, 4) is 0 Å². The van der Waals surface area contributed by atoms with E-state index < -0.39 is 5.54 Å². The first-order chi connectivity index (χ1) is 10.1. The second-order valence-electron chi connectivity index (χ2n) is 6.13. The minimum atomic E-state index is -0.666. The van der Waals surface area contributed by atoms with Crippen molar-refractivity contribution >= 4 is 0 Å². The van der Waals surface area contributed by atoms with Crippen molar-refractivity contribution in [2.24, 2.45) is 5.73 Å². The van der Waals surface area contributed by atoms with Crippen LogP contribution < -0.4 is 5.73 Å². The maximum atomic E-state index is 9.78. The third-order valence-corrected chi connectivity index (χ3v) is 4.53. The van der Waals surface area contributed by atoms with E-state index in [-0.39, 0.29) is 12.7 Å². The Hall–Kier alpha value is -0.940. The fourth-order valence-corrected chi connectivity index (χ4v) is 2.99. The van der Waals surface area contributed by atoms with Crippen LogP contribution in [-0.4, -0.2) is 48.5 Å². The molecule has 0 bridgehead atoms. The maximum absolute atomic E-state index is 9.78. The molecule has 21 heavy (non-hydrogen) atoms. The molecule has 0 radical (unpaired) electrons. The van der Waals surface area contributed by atoms with Crippen LogP contribution in [0.3, 0.4) is 0 Å². The molecule has 3 atom stereocenters. The van der Waals surface area contributed by atoms with Crippen LogP contribution in [0.4, 0.5) is 0 Å². The van der Waals surface area contributed by atoms with Gasteiger partial charge in [-0.15, -0.1) is 0 Å². The van der Waals surface area contributed by atoms with Gasteiger partial charge in [-0.25, -0.2) is 0 Å². The fourth-order valence-electron chi connectivity index (χ4n) is 2.99. The molecule has 4 heteroatoms. The van der Waals surface area contributed by atoms with Crippen molar-refractivity contribution in [2.75, 3.05) is 26.3 Å². The lowest BCUT2D eigenvalue weighted by Crippen LogP contribution is -2.51. The summed E-state index contributed by atoms with van der Waals surface area (Å²) < 4.78 is 5.73. The molecule has 1 fully saturated rings. The van der Waals surface area contributed by atoms with Gasteiger partial charge in [0.25, 0.3) is 0 Å². The molecule has 2 rings (SSSR count). The van der Waals surface area contributed by atoms with Crippen molar-refractivity contribution in [1.29, 1.82) is 0 Å². The van der Waals surface area contributed by atoms with Crippen LogP contribution in [0.5, 0.6) is 0 Å². The monoisotopic (exact) mass is 292 g/mol. The lowest BCUT2D eigenvalue weighted by molar-refractivity contribution is -0.0584. The molecule has 1 aliphatic rings. The predicted octanol–water partition coefficient (Wildman–Crippen LogP) is 1.72. The summed E-state index contributed by atoms with van der Waals surface area (Å²) >= 11 is 0. The van der Waals surface area contributed by atoms with Crippen LogP contribution in [0, 0.1) is 0 Å². The van der Waals surface area contributed by atoms with Crippen molar-refractivity contribution in [3.63, 3.8) is 0 Å². The SMILES string of the molecule is CCC1COC(C)CN1CCC(N)(CO)c1ccccc1. The van der Waals surface area contributed by atoms with E-state index in [4.69, 9.17) is 10.5 Å². The van der Waals surface area contributed by atoms with Crippen LogP contribution in [0.25, 0.3) is 0 Å². The van der Waals surface area contributed by atoms with Crippen LogP contribution >= 0.6 is 0 Å². The Balaban J connectivity index is 2.02. The Labute approximate surface area is 127 Å². The number of benzene rings is 1. The van der Waals surface area contributed by atoms with E-state index in [2.05, 4.69) is 18.7 Å². The molecule has 0 saturated carbocycles. The molecule has 1 aromatic rings. The van der Waals surface area contributed by atoms with Gasteiger partial charge in [0.15, 0.2) is 0 Å². The number of aliphatic hydroxyl groups excluding tert-OH is 1. The number of morpholine rings is 1. The molecule has 1 aliphatic heterocycles. The number of ether oxygens (including phenoxy) is 1. The molecular weight excluding hydrogens is 264 g/mol. The highest BCUT2D eigenvalue weighted by Crippen LogP contribution is 2.24. The number of rotatable bonds is 6. The lowest BCUT2D eigenvalue weighted by atomic mass is 9.88. The summed E-state index contributed by atoms with van der Waals surface area (Å²) in [5, 5.41) is 9.78. The first kappa shape index (κ1) is 16.4. The summed E-state index contributed by atoms with van der Waals surface area (Å²) in [5.74, 6) is 0. The van der Waals surface area contributed by atoms with E-state index in [1.807, 2.05) is 30.3 Å². The van der Waals surface area contributed by atoms with Gasteiger partial charge < -0.3 is 15.6 Å². The molecule has 0 aromatic heterocycles. The van der Waals surface area contributed by atoms with E-state index in [0.29, 0.717) is 6.04 Å². The quantitative estimate of drug-likeness (QED) is 0.838. The average Bonchev–Trinajstić information content (AvgIpc) is 2.53. The molecule has 1 heterocycles. The molecule has 118 valence electrons. The highest BCUT2D eigenvalue weighted by Gasteiger charge is 2.30. The third-order valence-electron chi connectivity index (χ3n) is 4.53. The van der Waals surface area contributed by atoms with E-state index in [0.717, 1.165) is 38.1 Å². The zero-order chi connectivity index (χ0) is 15.3. The normalized spacial score (nSPS) is 26.5. The highest BCUT2D eigenvalue weighted by atomic mass is 16.5. The molecule has 0 spiro atoms. The summed E-state index contributed by atoms with van der Waals surface area (Å²) in [6.45, 7) is 6.88. The smallest absolute Gasteiger partial charge is 0.0674 e. The van der Waals surface area contributed by atoms with Gasteiger partial charge >= 0.3 is 0 Å². The van der Waals surface area contributed by atoms with Gasteiger partial charge in [0.05, 0.1) is 24.9 Å². The molecule has 0 amide bonds. The van der Waals surface area contributed by atoms with Gasteiger partial charge in [0.1, 0.15) is 0 Å². The Bertz CT molecular complexity index is 426. The van der Waals surface area contributed by atoms with E-state index in [9.17, 15) is 5.11 Å². The van der Waals surface area contributed by atoms with Gasteiger partial charge in [0.2, 0.25) is 0 Å². The fraction of sp³-hybridized carbons (Fsp3) is 0.647. The molecule has 1 saturated heterocycles. The summed E-state index contributed by atoms with van der Waals surface area (Å²) in [4.78, 5) is 2.45. The zero-order valence-electron chi connectivity index (χ0n) is 13.2. The first-order valence-corrected chi connectivity index (χ1v) is 7.90. The molecule has 4 nitrogen and oxygen atoms in total. The minimum Gasteiger partial charge on any atom is -0.394 e. The van der Waals surface area contributed by atoms with Gasteiger partial charge in [-0.1, -0.05) is 37.3 Å². The van der Waals surface area contributed by atoms with Crippen molar-refractivity contribution in [3.05, 3.63) is 35.9 Å². The van der Waals surface area contributed by atoms with Gasteiger partial charge in [-0.2, -0.15) is 0 Å². The second-order valence-corrected chi connectivity index (χ2v) is 6.13. The van der Waals surface area contributed by atoms with E-state index in [1.165, 1.54) is 0 Å². The Morgan fingerprint density at radius 1 is 1.38 bits per heavy atom. The molecular formula is C17H28N2O2. The van der Waals surface area contributed by atoms with Gasteiger partial charge in [-0.05, 0) is 25.3 Å². The number of hydrogen-bond donors (Lipinski definition) is 2. The lowest BCUT2D eigenvalue weighted by Gasteiger charge is -2.40. The van der Waals surface area contributed by atoms with E-state index in [1.54, 1.807) is 0 Å². The third kappa shape index (κ3) is 4.04. The predicted molar refractivity (Wildman–Crippen MR) is 85.1 cm³/mol. The van der Waals surface area contributed by atoms with Gasteiger partial charge in [0, 0.05) is 19.1 Å². The number of aliphatic hydroxyl groups is 1. The second kappa shape index (κ2) is 7.36. The van der Waals surface area contributed by atoms with Crippen molar-refractivity contribution in [1.82, 2.24) is 4.90 Å². The highest BCUT2D eigenvalue weighted by molar-refractivity contribution is 5.24. The van der Waals surface area contributed by atoms with Crippen molar-refractivity contribution in [2.45, 2.75) is 44.4 Å². The molecule has 3 unspecified atom stereocenters. The summed E-state index contributed by atoms with van der Waals surface area (Å²) in [7, 11) is 0. The molecule has 0 aliphatic carbocycles. The number of nitrogens with zero attached hydrogens (tertiary/aromatic N) is 1. The maximum Gasteiger partial charge on any atom is 0.0674 e.